The molecule has 5 N–H and O–H groups in total. The van der Waals surface area contributed by atoms with Gasteiger partial charge < -0.3 is 29.6 Å². The van der Waals surface area contributed by atoms with Gasteiger partial charge in [-0.15, -0.1) is 0 Å². The van der Waals surface area contributed by atoms with Gasteiger partial charge >= 0.3 is 10.3 Å². The highest BCUT2D eigenvalue weighted by Gasteiger charge is 2.56. The van der Waals surface area contributed by atoms with E-state index in [1.54, 1.807) is 0 Å². The molecule has 23 heteroatoms. The molecule has 0 aliphatic carbocycles. The van der Waals surface area contributed by atoms with Crippen LogP contribution in [0.3, 0.4) is 0 Å². The molecule has 0 aromatic carbocycles. The molecule has 4 aromatic heterocycles. The fraction of sp³-hybridized carbons (Fsp3) is 0.500. The highest BCUT2D eigenvalue weighted by molar-refractivity contribution is 8.09. The minimum Gasteiger partial charge on any atom is -0.382 e. The monoisotopic (exact) mass is 662 g/mol. The van der Waals surface area contributed by atoms with Crippen LogP contribution in [0.5, 0.6) is 0 Å². The Labute approximate surface area is 244 Å². The van der Waals surface area contributed by atoms with Crippen LogP contribution in [0.1, 0.15) is 12.5 Å². The third kappa shape index (κ3) is 4.73. The molecule has 18 nitrogen and oxygen atoms in total. The van der Waals surface area contributed by atoms with Crippen LogP contribution >= 0.6 is 6.49 Å². The molecule has 3 saturated heterocycles. The molecular weight excluding hydrogens is 641 g/mol. The Morgan fingerprint density at radius 3 is 2.44 bits per heavy atom. The van der Waals surface area contributed by atoms with Gasteiger partial charge in [-0.1, -0.05) is 0 Å². The summed E-state index contributed by atoms with van der Waals surface area (Å²) in [5.41, 5.74) is 3.78. The van der Waals surface area contributed by atoms with Gasteiger partial charge in [0.05, 0.1) is 50.0 Å². The number of ether oxygens (including phenoxy) is 2. The summed E-state index contributed by atoms with van der Waals surface area (Å²) in [4.78, 5) is 45.6. The number of fused-ring (bicyclic) bond motifs is 4. The average Bonchev–Trinajstić information content (AvgIpc) is 3.71. The lowest BCUT2D eigenvalue weighted by Crippen LogP contribution is -2.47. The topological polar surface area (TPSA) is 237 Å². The summed E-state index contributed by atoms with van der Waals surface area (Å²) < 4.78 is 84.6. The maximum absolute atomic E-state index is 16.1. The van der Waals surface area contributed by atoms with Crippen LogP contribution in [-0.4, -0.2) is 102 Å². The molecule has 3 aliphatic heterocycles. The van der Waals surface area contributed by atoms with Crippen molar-refractivity contribution in [1.82, 2.24) is 43.8 Å². The van der Waals surface area contributed by atoms with Crippen LogP contribution in [0, 0.1) is 0 Å². The number of nitrogens with one attached hydrogen (secondary N) is 2. The molecule has 9 atom stereocenters. The summed E-state index contributed by atoms with van der Waals surface area (Å²) in [5.74, 6) is 0.0319. The van der Waals surface area contributed by atoms with E-state index in [4.69, 9.17) is 35.7 Å². The van der Waals surface area contributed by atoms with Gasteiger partial charge in [-0.3, -0.25) is 18.1 Å². The van der Waals surface area contributed by atoms with E-state index in [0.29, 0.717) is 0 Å². The maximum atomic E-state index is 16.1. The maximum Gasteiger partial charge on any atom is 0.336 e. The van der Waals surface area contributed by atoms with Crippen molar-refractivity contribution in [3.8, 4) is 0 Å². The molecule has 43 heavy (non-hydrogen) atoms. The zero-order valence-electron chi connectivity index (χ0n) is 21.4. The van der Waals surface area contributed by atoms with Gasteiger partial charge in [-0.05, 0) is 11.8 Å². The number of aromatic amines is 1. The summed E-state index contributed by atoms with van der Waals surface area (Å²) in [6.07, 6.45) is -5.40. The second-order valence-electron chi connectivity index (χ2n) is 9.89. The second kappa shape index (κ2) is 10.2. The Morgan fingerprint density at radius 2 is 1.67 bits per heavy atom. The molecule has 230 valence electrons. The third-order valence-electron chi connectivity index (χ3n) is 7.39. The fourth-order valence-electron chi connectivity index (χ4n) is 5.41. The number of alkyl halides is 2. The second-order valence-corrected chi connectivity index (χ2v) is 14.8. The van der Waals surface area contributed by atoms with Gasteiger partial charge in [0, 0.05) is 0 Å². The summed E-state index contributed by atoms with van der Waals surface area (Å²) >= 11 is 5.35. The van der Waals surface area contributed by atoms with Crippen molar-refractivity contribution < 1.29 is 40.3 Å². The molecule has 7 heterocycles. The molecule has 0 bridgehead atoms. The average molecular weight is 663 g/mol. The number of H-pyrrole nitrogens is 1. The summed E-state index contributed by atoms with van der Waals surface area (Å²) in [6.45, 7) is -5.63. The minimum atomic E-state index is -4.71. The normalized spacial score (nSPS) is 36.3. The van der Waals surface area contributed by atoms with E-state index in [9.17, 15) is 18.1 Å². The number of rotatable bonds is 2. The smallest absolute Gasteiger partial charge is 0.336 e. The lowest BCUT2D eigenvalue weighted by molar-refractivity contribution is -0.0330. The number of imidazole rings is 2. The van der Waals surface area contributed by atoms with Crippen molar-refractivity contribution in [2.24, 2.45) is 0 Å². The summed E-state index contributed by atoms with van der Waals surface area (Å²) in [6, 6.07) is -1.59. The van der Waals surface area contributed by atoms with Crippen molar-refractivity contribution in [3.05, 3.63) is 35.7 Å². The van der Waals surface area contributed by atoms with E-state index in [2.05, 4.69) is 34.6 Å². The first kappa shape index (κ1) is 28.7. The fourth-order valence-corrected chi connectivity index (χ4v) is 8.96. The highest BCUT2D eigenvalue weighted by Crippen LogP contribution is 2.57. The number of anilines is 1. The Bertz CT molecular complexity index is 1940. The Morgan fingerprint density at radius 1 is 1.00 bits per heavy atom. The van der Waals surface area contributed by atoms with Crippen molar-refractivity contribution >= 4 is 56.7 Å². The van der Waals surface area contributed by atoms with Crippen LogP contribution in [0.2, 0.25) is 0 Å². The predicted molar refractivity (Wildman–Crippen MR) is 144 cm³/mol. The molecule has 0 spiro atoms. The number of hydrogen-bond acceptors (Lipinski definition) is 14. The standard InChI is InChI=1S/C20H21F2N10O8PS2/c21-9-11-7(39-19(9)31-5-28-12-15(23)24-3-25-16(12)31)1-37-41(34,42)14-8(2-38-43(35,36)30-11)40-20(10(14)22)32-6-29-13-17(32)26-4-27-18(13)33/h3-11,14,19-20,30H,1-2H2,(H,34,42)(H2,23,24,25)(H,26,27,33)/t7-,8-,9-,10-,11-,14-,19-,20+,41?/m1/s1. The molecule has 4 aromatic rings. The summed E-state index contributed by atoms with van der Waals surface area (Å²) in [5, 5.41) is 0. The number of nitrogens with zero attached hydrogens (tertiary/aromatic N) is 7. The molecule has 1 unspecified atom stereocenters. The highest BCUT2D eigenvalue weighted by atomic mass is 32.5. The predicted octanol–water partition coefficient (Wildman–Crippen LogP) is -1.07. The van der Waals surface area contributed by atoms with Crippen LogP contribution in [-0.2, 0) is 40.3 Å². The van der Waals surface area contributed by atoms with Gasteiger partial charge in [-0.25, -0.2) is 33.7 Å². The van der Waals surface area contributed by atoms with E-state index < -0.39 is 84.3 Å². The van der Waals surface area contributed by atoms with Crippen molar-refractivity contribution in [1.29, 1.82) is 0 Å². The number of nitrogen functional groups attached to an aromatic ring is 1. The molecule has 3 fully saturated rings. The number of aromatic nitrogens is 8. The van der Waals surface area contributed by atoms with Crippen molar-refractivity contribution in [2.45, 2.75) is 48.7 Å². The zero-order valence-corrected chi connectivity index (χ0v) is 23.9. The van der Waals surface area contributed by atoms with Gasteiger partial charge in [-0.2, -0.15) is 13.1 Å². The van der Waals surface area contributed by atoms with Gasteiger partial charge in [0.15, 0.2) is 53.9 Å². The number of nitrogens with two attached hydrogens (primary N) is 1. The molecule has 0 amide bonds. The van der Waals surface area contributed by atoms with Gasteiger partial charge in [0.1, 0.15) is 17.9 Å². The molecule has 0 radical (unpaired) electrons. The third-order valence-corrected chi connectivity index (χ3v) is 11.3. The van der Waals surface area contributed by atoms with Crippen LogP contribution in [0.25, 0.3) is 22.3 Å². The quantitative estimate of drug-likeness (QED) is 0.187. The zero-order chi connectivity index (χ0) is 30.3. The van der Waals surface area contributed by atoms with E-state index in [0.717, 1.165) is 23.5 Å². The first-order valence-electron chi connectivity index (χ1n) is 12.5. The van der Waals surface area contributed by atoms with E-state index in [1.807, 2.05) is 0 Å². The molecule has 3 aliphatic rings. The van der Waals surface area contributed by atoms with Crippen molar-refractivity contribution in [2.75, 3.05) is 18.9 Å². The van der Waals surface area contributed by atoms with E-state index in [-0.39, 0.29) is 28.1 Å². The number of hydrogen-bond donors (Lipinski definition) is 4. The first-order chi connectivity index (χ1) is 20.4. The summed E-state index contributed by atoms with van der Waals surface area (Å²) in [7, 11) is -4.71. The number of halogens is 2. The lowest BCUT2D eigenvalue weighted by atomic mass is 10.1. The van der Waals surface area contributed by atoms with E-state index >= 15 is 8.78 Å². The first-order valence-corrected chi connectivity index (χ1v) is 16.7. The van der Waals surface area contributed by atoms with Crippen molar-refractivity contribution in [3.63, 3.8) is 0 Å². The molecular formula is C20H21F2N10O8PS2. The van der Waals surface area contributed by atoms with E-state index in [1.165, 1.54) is 10.9 Å². The van der Waals surface area contributed by atoms with Crippen LogP contribution in [0.4, 0.5) is 14.6 Å². The molecule has 0 saturated carbocycles. The Balaban J connectivity index is 1.20. The largest absolute Gasteiger partial charge is 0.382 e. The SMILES string of the molecule is Nc1ncnc2c1ncn2[C@@H]1O[C@@H]2COP(O)(=S)[C@H]3[C@@H](F)[C@@H](n4cnc5c(=O)[nH]cnc54)O[C@@H]3COS(=O)(=O)N[C@H]2[C@H]1F. The Kier molecular flexibility index (Phi) is 6.83. The van der Waals surface area contributed by atoms with Gasteiger partial charge in [0.2, 0.25) is 0 Å². The van der Waals surface area contributed by atoms with Crippen LogP contribution < -0.4 is 16.0 Å². The minimum absolute atomic E-state index is 0.0273. The lowest BCUT2D eigenvalue weighted by Gasteiger charge is -2.27. The van der Waals surface area contributed by atoms with Gasteiger partial charge in [0.25, 0.3) is 5.56 Å². The molecule has 7 rings (SSSR count). The van der Waals surface area contributed by atoms with Crippen LogP contribution in [0.15, 0.2) is 30.1 Å². The Hall–Kier alpha value is -3.08.